The van der Waals surface area contributed by atoms with Crippen LogP contribution in [-0.4, -0.2) is 4.57 Å². The van der Waals surface area contributed by atoms with Crippen molar-refractivity contribution in [2.45, 2.75) is 19.4 Å². The average Bonchev–Trinajstić information content (AvgIpc) is 2.95. The van der Waals surface area contributed by atoms with Crippen LogP contribution in [0.4, 0.5) is 0 Å². The normalized spacial score (nSPS) is 16.4. The number of fused-ring (bicyclic) bond motifs is 1. The molecule has 0 radical (unpaired) electrons. The topological polar surface area (TPSA) is 4.93 Å². The van der Waals surface area contributed by atoms with Gasteiger partial charge in [0.15, 0.2) is 0 Å². The minimum absolute atomic E-state index is 0.946. The van der Waals surface area contributed by atoms with Crippen molar-refractivity contribution in [1.82, 2.24) is 4.57 Å². The van der Waals surface area contributed by atoms with Gasteiger partial charge in [-0.15, -0.1) is 0 Å². The summed E-state index contributed by atoms with van der Waals surface area (Å²) in [6.45, 7) is 1.21. The van der Waals surface area contributed by atoms with E-state index in [0.717, 1.165) is 5.92 Å². The van der Waals surface area contributed by atoms with Crippen LogP contribution in [0.2, 0.25) is 0 Å². The van der Waals surface area contributed by atoms with Crippen LogP contribution in [0, 0.1) is 9.49 Å². The Bertz CT molecular complexity index is 468. The standard InChI is InChI=1S/C12H12IN/c13-11-8-14(7-9-5-6-9)12-4-2-1-3-10(11)12/h1-4,8-9H,5-7H2. The number of halogens is 1. The molecular weight excluding hydrogens is 285 g/mol. The van der Waals surface area contributed by atoms with E-state index in [0.29, 0.717) is 0 Å². The van der Waals surface area contributed by atoms with Crippen molar-refractivity contribution in [3.8, 4) is 0 Å². The summed E-state index contributed by atoms with van der Waals surface area (Å²) in [7, 11) is 0. The first-order valence-electron chi connectivity index (χ1n) is 5.08. The molecule has 2 heteroatoms. The Labute approximate surface area is 97.2 Å². The molecule has 3 rings (SSSR count). The van der Waals surface area contributed by atoms with Crippen molar-refractivity contribution in [1.29, 1.82) is 0 Å². The van der Waals surface area contributed by atoms with Crippen LogP contribution in [0.3, 0.4) is 0 Å². The van der Waals surface area contributed by atoms with Crippen molar-refractivity contribution in [2.75, 3.05) is 0 Å². The van der Waals surface area contributed by atoms with E-state index in [1.165, 1.54) is 33.9 Å². The molecule has 1 aliphatic rings. The molecule has 0 unspecified atom stereocenters. The largest absolute Gasteiger partial charge is 0.346 e. The molecule has 2 aromatic rings. The van der Waals surface area contributed by atoms with E-state index in [-0.39, 0.29) is 0 Å². The first-order valence-corrected chi connectivity index (χ1v) is 6.16. The summed E-state index contributed by atoms with van der Waals surface area (Å²) >= 11 is 2.43. The fourth-order valence-corrected chi connectivity index (χ4v) is 2.72. The Kier molecular flexibility index (Phi) is 2.04. The highest BCUT2D eigenvalue weighted by Gasteiger charge is 2.22. The fraction of sp³-hybridized carbons (Fsp3) is 0.333. The molecule has 1 fully saturated rings. The van der Waals surface area contributed by atoms with Gasteiger partial charge in [-0.2, -0.15) is 0 Å². The number of benzene rings is 1. The third kappa shape index (κ3) is 1.45. The molecule has 0 atom stereocenters. The van der Waals surface area contributed by atoms with E-state index in [4.69, 9.17) is 0 Å². The molecule has 1 aromatic carbocycles. The van der Waals surface area contributed by atoms with Crippen LogP contribution >= 0.6 is 22.6 Å². The van der Waals surface area contributed by atoms with Crippen LogP contribution in [0.25, 0.3) is 10.9 Å². The maximum absolute atomic E-state index is 2.43. The third-order valence-corrected chi connectivity index (χ3v) is 3.75. The van der Waals surface area contributed by atoms with E-state index in [9.17, 15) is 0 Å². The van der Waals surface area contributed by atoms with Crippen LogP contribution in [0.15, 0.2) is 30.5 Å². The first kappa shape index (κ1) is 8.77. The summed E-state index contributed by atoms with van der Waals surface area (Å²) in [6, 6.07) is 8.67. The lowest BCUT2D eigenvalue weighted by molar-refractivity contribution is 0.646. The molecule has 1 heterocycles. The lowest BCUT2D eigenvalue weighted by Crippen LogP contribution is -1.96. The highest BCUT2D eigenvalue weighted by atomic mass is 127. The van der Waals surface area contributed by atoms with Gasteiger partial charge in [0.05, 0.1) is 0 Å². The van der Waals surface area contributed by atoms with Crippen molar-refractivity contribution < 1.29 is 0 Å². The summed E-state index contributed by atoms with van der Waals surface area (Å²) in [5.41, 5.74) is 1.39. The smallest absolute Gasteiger partial charge is 0.0491 e. The summed E-state index contributed by atoms with van der Waals surface area (Å²) in [4.78, 5) is 0. The second kappa shape index (κ2) is 3.26. The van der Waals surface area contributed by atoms with E-state index in [2.05, 4.69) is 57.6 Å². The molecule has 0 saturated heterocycles. The minimum atomic E-state index is 0.946. The molecule has 1 nitrogen and oxygen atoms in total. The predicted molar refractivity (Wildman–Crippen MR) is 67.4 cm³/mol. The molecule has 14 heavy (non-hydrogen) atoms. The second-order valence-electron chi connectivity index (χ2n) is 4.09. The Balaban J connectivity index is 2.12. The van der Waals surface area contributed by atoms with Crippen molar-refractivity contribution in [2.24, 2.45) is 5.92 Å². The minimum Gasteiger partial charge on any atom is -0.346 e. The van der Waals surface area contributed by atoms with Gasteiger partial charge in [-0.1, -0.05) is 18.2 Å². The maximum Gasteiger partial charge on any atom is 0.0491 e. The van der Waals surface area contributed by atoms with E-state index in [1.807, 2.05) is 0 Å². The highest BCUT2D eigenvalue weighted by Crippen LogP contribution is 2.33. The number of hydrogen-bond donors (Lipinski definition) is 0. The zero-order valence-corrected chi connectivity index (χ0v) is 10.1. The molecule has 72 valence electrons. The Morgan fingerprint density at radius 1 is 1.29 bits per heavy atom. The number of hydrogen-bond acceptors (Lipinski definition) is 0. The SMILES string of the molecule is Ic1cn(CC2CC2)c2ccccc12. The molecule has 0 spiro atoms. The molecular formula is C12H12IN. The van der Waals surface area contributed by atoms with Crippen LogP contribution < -0.4 is 0 Å². The summed E-state index contributed by atoms with van der Waals surface area (Å²) in [6.07, 6.45) is 5.12. The molecule has 0 N–H and O–H groups in total. The van der Waals surface area contributed by atoms with Gasteiger partial charge < -0.3 is 4.57 Å². The third-order valence-electron chi connectivity index (χ3n) is 2.89. The Morgan fingerprint density at radius 3 is 2.86 bits per heavy atom. The van der Waals surface area contributed by atoms with E-state index >= 15 is 0 Å². The fourth-order valence-electron chi connectivity index (χ4n) is 1.93. The van der Waals surface area contributed by atoms with Crippen molar-refractivity contribution in [3.05, 3.63) is 34.0 Å². The number of aromatic nitrogens is 1. The van der Waals surface area contributed by atoms with Crippen LogP contribution in [-0.2, 0) is 6.54 Å². The summed E-state index contributed by atoms with van der Waals surface area (Å²) < 4.78 is 3.79. The lowest BCUT2D eigenvalue weighted by atomic mass is 10.2. The molecule has 1 aromatic heterocycles. The van der Waals surface area contributed by atoms with Crippen molar-refractivity contribution in [3.63, 3.8) is 0 Å². The quantitative estimate of drug-likeness (QED) is 0.746. The molecule has 0 amide bonds. The number of rotatable bonds is 2. The highest BCUT2D eigenvalue weighted by molar-refractivity contribution is 14.1. The average molecular weight is 297 g/mol. The van der Waals surface area contributed by atoms with Crippen LogP contribution in [0.1, 0.15) is 12.8 Å². The van der Waals surface area contributed by atoms with Gasteiger partial charge in [0.25, 0.3) is 0 Å². The van der Waals surface area contributed by atoms with Gasteiger partial charge in [-0.25, -0.2) is 0 Å². The van der Waals surface area contributed by atoms with E-state index in [1.54, 1.807) is 0 Å². The van der Waals surface area contributed by atoms with Gasteiger partial charge in [0.1, 0.15) is 0 Å². The second-order valence-corrected chi connectivity index (χ2v) is 5.25. The monoisotopic (exact) mass is 297 g/mol. The van der Waals surface area contributed by atoms with Gasteiger partial charge in [0.2, 0.25) is 0 Å². The van der Waals surface area contributed by atoms with Gasteiger partial charge in [-0.3, -0.25) is 0 Å². The maximum atomic E-state index is 2.43. The van der Waals surface area contributed by atoms with Gasteiger partial charge in [0, 0.05) is 27.2 Å². The zero-order valence-electron chi connectivity index (χ0n) is 7.91. The Morgan fingerprint density at radius 2 is 2.07 bits per heavy atom. The van der Waals surface area contributed by atoms with Gasteiger partial charge >= 0.3 is 0 Å². The first-order chi connectivity index (χ1) is 6.84. The zero-order chi connectivity index (χ0) is 9.54. The predicted octanol–water partition coefficient (Wildman–Crippen LogP) is 3.66. The Hall–Kier alpha value is -0.510. The summed E-state index contributed by atoms with van der Waals surface area (Å²) in [5.74, 6) is 0.946. The van der Waals surface area contributed by atoms with E-state index < -0.39 is 0 Å². The van der Waals surface area contributed by atoms with Gasteiger partial charge in [-0.05, 0) is 47.4 Å². The molecule has 1 saturated carbocycles. The van der Waals surface area contributed by atoms with Crippen LogP contribution in [0.5, 0.6) is 0 Å². The number of nitrogens with zero attached hydrogens (tertiary/aromatic N) is 1. The molecule has 0 bridgehead atoms. The molecule has 1 aliphatic carbocycles. The summed E-state index contributed by atoms with van der Waals surface area (Å²) in [5, 5.41) is 1.40. The lowest BCUT2D eigenvalue weighted by Gasteiger charge is -2.02. The van der Waals surface area contributed by atoms with Crippen molar-refractivity contribution >= 4 is 33.5 Å². The number of para-hydroxylation sites is 1. The molecule has 0 aliphatic heterocycles.